The van der Waals surface area contributed by atoms with Gasteiger partial charge in [0.15, 0.2) is 0 Å². The number of rotatable bonds is 4. The lowest BCUT2D eigenvalue weighted by atomic mass is 10.2. The molecular formula is C18H18Cl2N3O+. The highest BCUT2D eigenvalue weighted by Crippen LogP contribution is 2.20. The first-order valence-corrected chi connectivity index (χ1v) is 8.43. The number of quaternary nitrogens is 1. The summed E-state index contributed by atoms with van der Waals surface area (Å²) in [5.74, 6) is 0. The van der Waals surface area contributed by atoms with Gasteiger partial charge in [0, 0.05) is 22.3 Å². The smallest absolute Gasteiger partial charge is 0.258 e. The number of halogens is 2. The molecule has 0 saturated carbocycles. The monoisotopic (exact) mass is 362 g/mol. The van der Waals surface area contributed by atoms with Gasteiger partial charge in [-0.3, -0.25) is 9.20 Å². The minimum absolute atomic E-state index is 0.0505. The van der Waals surface area contributed by atoms with Gasteiger partial charge >= 0.3 is 0 Å². The van der Waals surface area contributed by atoms with Crippen LogP contribution in [0, 0.1) is 6.92 Å². The summed E-state index contributed by atoms with van der Waals surface area (Å²) in [6.07, 6.45) is 0. The minimum Gasteiger partial charge on any atom is -0.329 e. The lowest BCUT2D eigenvalue weighted by Crippen LogP contribution is -3.06. The van der Waals surface area contributed by atoms with Crippen molar-refractivity contribution in [1.29, 1.82) is 0 Å². The van der Waals surface area contributed by atoms with E-state index in [1.807, 2.05) is 44.3 Å². The van der Waals surface area contributed by atoms with Gasteiger partial charge in [0.1, 0.15) is 24.4 Å². The van der Waals surface area contributed by atoms with Crippen LogP contribution in [0.5, 0.6) is 0 Å². The Morgan fingerprint density at radius 3 is 2.67 bits per heavy atom. The van der Waals surface area contributed by atoms with Crippen LogP contribution < -0.4 is 10.5 Å². The molecule has 1 unspecified atom stereocenters. The standard InChI is InChI=1S/C18H17Cl2N3O/c1-12-4-3-5-17-21-15(9-18(24)23(12)17)11-22(2)10-13-6-7-14(19)8-16(13)20/h3-9H,10-11H2,1-2H3/p+1. The van der Waals surface area contributed by atoms with E-state index in [0.29, 0.717) is 22.2 Å². The molecule has 0 aliphatic rings. The van der Waals surface area contributed by atoms with Gasteiger partial charge in [-0.05, 0) is 31.2 Å². The number of nitrogens with zero attached hydrogens (tertiary/aromatic N) is 2. The summed E-state index contributed by atoms with van der Waals surface area (Å²) in [5.41, 5.74) is 3.30. The molecule has 1 N–H and O–H groups in total. The van der Waals surface area contributed by atoms with Crippen molar-refractivity contribution in [3.05, 3.63) is 79.8 Å². The third-order valence-corrected chi connectivity index (χ3v) is 4.51. The summed E-state index contributed by atoms with van der Waals surface area (Å²) in [7, 11) is 2.05. The van der Waals surface area contributed by atoms with Crippen LogP contribution in [-0.4, -0.2) is 16.4 Å². The molecule has 3 aromatic rings. The van der Waals surface area contributed by atoms with Gasteiger partial charge in [-0.15, -0.1) is 0 Å². The molecule has 2 aromatic heterocycles. The molecule has 0 bridgehead atoms. The first-order valence-electron chi connectivity index (χ1n) is 7.67. The fourth-order valence-electron chi connectivity index (χ4n) is 2.82. The van der Waals surface area contributed by atoms with Gasteiger partial charge in [0.05, 0.1) is 12.1 Å². The average Bonchev–Trinajstić information content (AvgIpc) is 2.50. The molecule has 4 nitrogen and oxygen atoms in total. The molecule has 2 heterocycles. The number of benzene rings is 1. The fourth-order valence-corrected chi connectivity index (χ4v) is 3.29. The lowest BCUT2D eigenvalue weighted by Gasteiger charge is -2.15. The number of aryl methyl sites for hydroxylation is 1. The van der Waals surface area contributed by atoms with E-state index in [-0.39, 0.29) is 5.56 Å². The second-order valence-electron chi connectivity index (χ2n) is 5.99. The first-order chi connectivity index (χ1) is 11.4. The van der Waals surface area contributed by atoms with E-state index in [1.165, 1.54) is 4.90 Å². The van der Waals surface area contributed by atoms with E-state index in [1.54, 1.807) is 16.5 Å². The normalized spacial score (nSPS) is 12.5. The highest BCUT2D eigenvalue weighted by molar-refractivity contribution is 6.35. The summed E-state index contributed by atoms with van der Waals surface area (Å²) in [5, 5.41) is 1.28. The minimum atomic E-state index is -0.0505. The number of nitrogens with one attached hydrogen (secondary N) is 1. The summed E-state index contributed by atoms with van der Waals surface area (Å²) in [6.45, 7) is 3.26. The third kappa shape index (κ3) is 3.61. The lowest BCUT2D eigenvalue weighted by molar-refractivity contribution is -0.908. The molecule has 0 aliphatic carbocycles. The second kappa shape index (κ2) is 6.93. The number of aromatic nitrogens is 2. The van der Waals surface area contributed by atoms with Crippen molar-refractivity contribution in [3.63, 3.8) is 0 Å². The first kappa shape index (κ1) is 17.0. The quantitative estimate of drug-likeness (QED) is 0.774. The Bertz CT molecular complexity index is 953. The molecule has 24 heavy (non-hydrogen) atoms. The van der Waals surface area contributed by atoms with Gasteiger partial charge in [-0.1, -0.05) is 35.3 Å². The third-order valence-electron chi connectivity index (χ3n) is 3.92. The maximum atomic E-state index is 12.3. The molecule has 124 valence electrons. The average molecular weight is 363 g/mol. The van der Waals surface area contributed by atoms with Crippen LogP contribution in [0.4, 0.5) is 0 Å². The second-order valence-corrected chi connectivity index (χ2v) is 6.84. The van der Waals surface area contributed by atoms with E-state index >= 15 is 0 Å². The largest absolute Gasteiger partial charge is 0.329 e. The molecule has 0 radical (unpaired) electrons. The predicted molar refractivity (Wildman–Crippen MR) is 97.0 cm³/mol. The Labute approximate surface area is 150 Å². The van der Waals surface area contributed by atoms with Crippen molar-refractivity contribution in [2.45, 2.75) is 20.0 Å². The molecule has 3 rings (SSSR count). The zero-order valence-corrected chi connectivity index (χ0v) is 15.0. The molecular weight excluding hydrogens is 345 g/mol. The molecule has 1 aromatic carbocycles. The number of hydrogen-bond acceptors (Lipinski definition) is 2. The van der Waals surface area contributed by atoms with E-state index in [4.69, 9.17) is 23.2 Å². The summed E-state index contributed by atoms with van der Waals surface area (Å²) < 4.78 is 1.62. The number of fused-ring (bicyclic) bond motifs is 1. The summed E-state index contributed by atoms with van der Waals surface area (Å²) in [6, 6.07) is 12.8. The number of hydrogen-bond donors (Lipinski definition) is 1. The van der Waals surface area contributed by atoms with Crippen molar-refractivity contribution in [3.8, 4) is 0 Å². The maximum Gasteiger partial charge on any atom is 0.258 e. The van der Waals surface area contributed by atoms with Crippen LogP contribution >= 0.6 is 23.2 Å². The van der Waals surface area contributed by atoms with Gasteiger partial charge < -0.3 is 4.90 Å². The van der Waals surface area contributed by atoms with Crippen LogP contribution in [0.25, 0.3) is 5.65 Å². The summed E-state index contributed by atoms with van der Waals surface area (Å²) in [4.78, 5) is 18.1. The zero-order chi connectivity index (χ0) is 17.3. The molecule has 0 amide bonds. The Balaban J connectivity index is 1.83. The maximum absolute atomic E-state index is 12.3. The molecule has 0 fully saturated rings. The Kier molecular flexibility index (Phi) is 4.90. The highest BCUT2D eigenvalue weighted by atomic mass is 35.5. The zero-order valence-electron chi connectivity index (χ0n) is 13.5. The van der Waals surface area contributed by atoms with Gasteiger partial charge in [-0.2, -0.15) is 0 Å². The van der Waals surface area contributed by atoms with Gasteiger partial charge in [0.25, 0.3) is 5.56 Å². The van der Waals surface area contributed by atoms with Crippen LogP contribution in [-0.2, 0) is 13.1 Å². The van der Waals surface area contributed by atoms with Crippen LogP contribution in [0.3, 0.4) is 0 Å². The van der Waals surface area contributed by atoms with Crippen molar-refractivity contribution >= 4 is 28.8 Å². The van der Waals surface area contributed by atoms with E-state index in [9.17, 15) is 4.79 Å². The highest BCUT2D eigenvalue weighted by Gasteiger charge is 2.12. The van der Waals surface area contributed by atoms with Crippen LogP contribution in [0.1, 0.15) is 17.0 Å². The number of pyridine rings is 1. The Morgan fingerprint density at radius 1 is 1.12 bits per heavy atom. The van der Waals surface area contributed by atoms with Crippen molar-refractivity contribution < 1.29 is 4.90 Å². The molecule has 1 atom stereocenters. The Morgan fingerprint density at radius 2 is 1.92 bits per heavy atom. The van der Waals surface area contributed by atoms with Crippen molar-refractivity contribution in [2.24, 2.45) is 0 Å². The molecule has 6 heteroatoms. The topological polar surface area (TPSA) is 38.8 Å². The molecule has 0 saturated heterocycles. The van der Waals surface area contributed by atoms with E-state index in [0.717, 1.165) is 23.5 Å². The Hall–Kier alpha value is -1.88. The molecule has 0 aliphatic heterocycles. The van der Waals surface area contributed by atoms with Crippen LogP contribution in [0.2, 0.25) is 10.0 Å². The molecule has 0 spiro atoms. The predicted octanol–water partition coefficient (Wildman–Crippen LogP) is 2.52. The van der Waals surface area contributed by atoms with Crippen molar-refractivity contribution in [2.75, 3.05) is 7.05 Å². The van der Waals surface area contributed by atoms with Gasteiger partial charge in [-0.25, -0.2) is 4.98 Å². The van der Waals surface area contributed by atoms with Crippen molar-refractivity contribution in [1.82, 2.24) is 9.38 Å². The van der Waals surface area contributed by atoms with Gasteiger partial charge in [0.2, 0.25) is 0 Å². The fraction of sp³-hybridized carbons (Fsp3) is 0.222. The SMILES string of the molecule is Cc1cccc2nc(C[NH+](C)Cc3ccc(Cl)cc3Cl)cc(=O)n12. The van der Waals surface area contributed by atoms with E-state index in [2.05, 4.69) is 4.98 Å². The summed E-state index contributed by atoms with van der Waals surface area (Å²) >= 11 is 12.2. The van der Waals surface area contributed by atoms with Crippen LogP contribution in [0.15, 0.2) is 47.3 Å². The van der Waals surface area contributed by atoms with E-state index < -0.39 is 0 Å².